The standard InChI is InChI=1S/C13H17N3O/c1-3-4-13(12(15)9-14)16-10-5-7-11(17-2)8-6-10/h3-9,16H,1,14-15H2,2H3/b12-9+,13-4+. The molecule has 0 aliphatic heterocycles. The van der Waals surface area contributed by atoms with E-state index in [1.807, 2.05) is 24.3 Å². The van der Waals surface area contributed by atoms with Gasteiger partial charge in [-0.15, -0.1) is 0 Å². The van der Waals surface area contributed by atoms with E-state index in [1.54, 1.807) is 19.3 Å². The van der Waals surface area contributed by atoms with Crippen molar-refractivity contribution in [2.45, 2.75) is 0 Å². The fourth-order valence-electron chi connectivity index (χ4n) is 1.25. The van der Waals surface area contributed by atoms with Gasteiger partial charge >= 0.3 is 0 Å². The number of benzene rings is 1. The molecule has 1 aromatic carbocycles. The molecule has 0 spiro atoms. The Balaban J connectivity index is 2.86. The summed E-state index contributed by atoms with van der Waals surface area (Å²) in [5.41, 5.74) is 13.2. The SMILES string of the molecule is C=C/C=C(Nc1ccc(OC)cc1)\C(N)=C/N. The summed E-state index contributed by atoms with van der Waals surface area (Å²) in [6, 6.07) is 7.49. The van der Waals surface area contributed by atoms with Crippen LogP contribution in [0.1, 0.15) is 0 Å². The maximum absolute atomic E-state index is 5.74. The average Bonchev–Trinajstić information content (AvgIpc) is 2.38. The molecule has 90 valence electrons. The first kappa shape index (κ1) is 12.7. The molecule has 4 heteroatoms. The maximum atomic E-state index is 5.74. The largest absolute Gasteiger partial charge is 0.497 e. The van der Waals surface area contributed by atoms with Crippen molar-refractivity contribution in [2.24, 2.45) is 11.5 Å². The molecule has 17 heavy (non-hydrogen) atoms. The molecular formula is C13H17N3O. The molecule has 1 rings (SSSR count). The molecule has 0 unspecified atom stereocenters. The van der Waals surface area contributed by atoms with Gasteiger partial charge in [-0.3, -0.25) is 0 Å². The Morgan fingerprint density at radius 2 is 2.00 bits per heavy atom. The molecule has 0 heterocycles. The third-order valence-corrected chi connectivity index (χ3v) is 2.14. The first-order valence-electron chi connectivity index (χ1n) is 5.12. The third kappa shape index (κ3) is 3.61. The highest BCUT2D eigenvalue weighted by Gasteiger charge is 2.00. The van der Waals surface area contributed by atoms with E-state index in [0.717, 1.165) is 11.4 Å². The first-order valence-corrected chi connectivity index (χ1v) is 5.12. The fourth-order valence-corrected chi connectivity index (χ4v) is 1.25. The van der Waals surface area contributed by atoms with Crippen LogP contribution >= 0.6 is 0 Å². The van der Waals surface area contributed by atoms with Gasteiger partial charge in [0.1, 0.15) is 5.75 Å². The van der Waals surface area contributed by atoms with E-state index in [-0.39, 0.29) is 0 Å². The summed E-state index contributed by atoms with van der Waals surface area (Å²) in [4.78, 5) is 0. The molecule has 0 saturated heterocycles. The minimum Gasteiger partial charge on any atom is -0.497 e. The Morgan fingerprint density at radius 1 is 1.35 bits per heavy atom. The van der Waals surface area contributed by atoms with E-state index >= 15 is 0 Å². The third-order valence-electron chi connectivity index (χ3n) is 2.14. The molecule has 0 fully saturated rings. The monoisotopic (exact) mass is 231 g/mol. The number of methoxy groups -OCH3 is 1. The van der Waals surface area contributed by atoms with Gasteiger partial charge in [0.2, 0.25) is 0 Å². The summed E-state index contributed by atoms with van der Waals surface area (Å²) >= 11 is 0. The number of nitrogens with one attached hydrogen (secondary N) is 1. The second kappa shape index (κ2) is 6.27. The Bertz CT molecular complexity index is 432. The van der Waals surface area contributed by atoms with E-state index < -0.39 is 0 Å². The van der Waals surface area contributed by atoms with Crippen LogP contribution in [0, 0.1) is 0 Å². The highest BCUT2D eigenvalue weighted by molar-refractivity contribution is 5.54. The lowest BCUT2D eigenvalue weighted by molar-refractivity contribution is 0.415. The number of anilines is 1. The van der Waals surface area contributed by atoms with E-state index in [1.165, 1.54) is 6.20 Å². The van der Waals surface area contributed by atoms with E-state index in [0.29, 0.717) is 11.4 Å². The van der Waals surface area contributed by atoms with Crippen molar-refractivity contribution in [3.8, 4) is 5.75 Å². The Kier molecular flexibility index (Phi) is 4.69. The number of hydrogen-bond acceptors (Lipinski definition) is 4. The van der Waals surface area contributed by atoms with Crippen molar-refractivity contribution in [2.75, 3.05) is 12.4 Å². The quantitative estimate of drug-likeness (QED) is 0.677. The van der Waals surface area contributed by atoms with E-state index in [9.17, 15) is 0 Å². The van der Waals surface area contributed by atoms with Crippen molar-refractivity contribution in [3.05, 3.63) is 60.6 Å². The highest BCUT2D eigenvalue weighted by atomic mass is 16.5. The zero-order valence-electron chi connectivity index (χ0n) is 9.81. The maximum Gasteiger partial charge on any atom is 0.119 e. The van der Waals surface area contributed by atoms with Gasteiger partial charge in [-0.2, -0.15) is 0 Å². The summed E-state index contributed by atoms with van der Waals surface area (Å²) in [6.45, 7) is 3.63. The summed E-state index contributed by atoms with van der Waals surface area (Å²) in [6.07, 6.45) is 4.73. The summed E-state index contributed by atoms with van der Waals surface area (Å²) in [7, 11) is 1.63. The lowest BCUT2D eigenvalue weighted by atomic mass is 10.2. The minimum atomic E-state index is 0.459. The zero-order chi connectivity index (χ0) is 12.7. The number of nitrogens with two attached hydrogens (primary N) is 2. The van der Waals surface area contributed by atoms with Crippen LogP contribution < -0.4 is 21.5 Å². The average molecular weight is 231 g/mol. The molecule has 5 N–H and O–H groups in total. The van der Waals surface area contributed by atoms with Gasteiger partial charge < -0.3 is 21.5 Å². The Labute approximate surface area is 101 Å². The van der Waals surface area contributed by atoms with Gasteiger partial charge in [-0.1, -0.05) is 12.7 Å². The molecule has 0 aliphatic carbocycles. The van der Waals surface area contributed by atoms with Gasteiger partial charge in [0.25, 0.3) is 0 Å². The summed E-state index contributed by atoms with van der Waals surface area (Å²) in [5, 5.41) is 3.14. The molecule has 0 bridgehead atoms. The van der Waals surface area contributed by atoms with Crippen molar-refractivity contribution in [1.29, 1.82) is 0 Å². The molecule has 0 atom stereocenters. The van der Waals surface area contributed by atoms with Gasteiger partial charge in [-0.25, -0.2) is 0 Å². The summed E-state index contributed by atoms with van der Waals surface area (Å²) < 4.78 is 5.08. The summed E-state index contributed by atoms with van der Waals surface area (Å²) in [5.74, 6) is 0.798. The second-order valence-electron chi connectivity index (χ2n) is 3.29. The zero-order valence-corrected chi connectivity index (χ0v) is 9.81. The number of hydrogen-bond donors (Lipinski definition) is 3. The van der Waals surface area contributed by atoms with Crippen molar-refractivity contribution in [3.63, 3.8) is 0 Å². The molecular weight excluding hydrogens is 214 g/mol. The molecule has 0 saturated carbocycles. The second-order valence-corrected chi connectivity index (χ2v) is 3.29. The lowest BCUT2D eigenvalue weighted by Crippen LogP contribution is -2.11. The van der Waals surface area contributed by atoms with Gasteiger partial charge in [-0.05, 0) is 30.3 Å². The van der Waals surface area contributed by atoms with Crippen molar-refractivity contribution in [1.82, 2.24) is 0 Å². The van der Waals surface area contributed by atoms with Gasteiger partial charge in [0.05, 0.1) is 18.5 Å². The molecule has 1 aromatic rings. The Hall–Kier alpha value is -2.36. The fraction of sp³-hybridized carbons (Fsp3) is 0.0769. The number of ether oxygens (including phenoxy) is 1. The number of rotatable bonds is 5. The number of allylic oxidation sites excluding steroid dienone is 2. The van der Waals surface area contributed by atoms with Crippen molar-refractivity contribution < 1.29 is 4.74 Å². The topological polar surface area (TPSA) is 73.3 Å². The predicted octanol–water partition coefficient (Wildman–Crippen LogP) is 1.94. The van der Waals surface area contributed by atoms with Crippen LogP contribution in [0.15, 0.2) is 60.6 Å². The van der Waals surface area contributed by atoms with Gasteiger partial charge in [0, 0.05) is 11.9 Å². The van der Waals surface area contributed by atoms with Crippen LogP contribution in [0.5, 0.6) is 5.75 Å². The lowest BCUT2D eigenvalue weighted by Gasteiger charge is -2.11. The molecule has 4 nitrogen and oxygen atoms in total. The van der Waals surface area contributed by atoms with Crippen LogP contribution in [-0.2, 0) is 0 Å². The molecule has 0 radical (unpaired) electrons. The van der Waals surface area contributed by atoms with Crippen LogP contribution in [-0.4, -0.2) is 7.11 Å². The molecule has 0 aliphatic rings. The molecule has 0 aromatic heterocycles. The Morgan fingerprint density at radius 3 is 2.47 bits per heavy atom. The van der Waals surface area contributed by atoms with Gasteiger partial charge in [0.15, 0.2) is 0 Å². The minimum absolute atomic E-state index is 0.459. The van der Waals surface area contributed by atoms with E-state index in [4.69, 9.17) is 16.2 Å². The van der Waals surface area contributed by atoms with Crippen LogP contribution in [0.2, 0.25) is 0 Å². The highest BCUT2D eigenvalue weighted by Crippen LogP contribution is 2.17. The molecule has 0 amide bonds. The van der Waals surface area contributed by atoms with E-state index in [2.05, 4.69) is 11.9 Å². The first-order chi connectivity index (χ1) is 8.21. The van der Waals surface area contributed by atoms with Crippen molar-refractivity contribution >= 4 is 5.69 Å². The normalized spacial score (nSPS) is 12.1. The smallest absolute Gasteiger partial charge is 0.119 e. The van der Waals surface area contributed by atoms with Crippen LogP contribution in [0.4, 0.5) is 5.69 Å². The van der Waals surface area contributed by atoms with Crippen LogP contribution in [0.25, 0.3) is 0 Å². The predicted molar refractivity (Wildman–Crippen MR) is 71.4 cm³/mol. The van der Waals surface area contributed by atoms with Crippen LogP contribution in [0.3, 0.4) is 0 Å².